The number of hydrogen-bond donors (Lipinski definition) is 0. The van der Waals surface area contributed by atoms with Crippen molar-refractivity contribution >= 4 is 16.9 Å². The first-order valence-electron chi connectivity index (χ1n) is 4.39. The fourth-order valence-corrected chi connectivity index (χ4v) is 2.38. The summed E-state index contributed by atoms with van der Waals surface area (Å²) in [6, 6.07) is 4.15. The molecule has 0 aromatic carbocycles. The molecule has 0 saturated heterocycles. The van der Waals surface area contributed by atoms with E-state index in [-0.39, 0.29) is 5.83 Å². The quantitative estimate of drug-likeness (QED) is 0.631. The van der Waals surface area contributed by atoms with Crippen LogP contribution < -0.4 is 0 Å². The number of rotatable bonds is 1. The van der Waals surface area contributed by atoms with Crippen molar-refractivity contribution in [3.63, 3.8) is 0 Å². The molecule has 1 aromatic heterocycles. The van der Waals surface area contributed by atoms with Gasteiger partial charge >= 0.3 is 0 Å². The minimum Gasteiger partial charge on any atom is -0.207 e. The summed E-state index contributed by atoms with van der Waals surface area (Å²) in [5, 5.41) is 0. The molecule has 0 saturated carbocycles. The van der Waals surface area contributed by atoms with E-state index in [1.165, 1.54) is 9.75 Å². The van der Waals surface area contributed by atoms with Gasteiger partial charge in [-0.15, -0.1) is 11.3 Å². The Balaban J connectivity index is 2.31. The maximum absolute atomic E-state index is 12.9. The second kappa shape index (κ2) is 3.46. The first-order valence-corrected chi connectivity index (χ1v) is 5.20. The summed E-state index contributed by atoms with van der Waals surface area (Å²) in [5.41, 5.74) is 1.14. The minimum atomic E-state index is -0.0905. The lowest BCUT2D eigenvalue weighted by Crippen LogP contribution is -1.86. The van der Waals surface area contributed by atoms with Crippen LogP contribution in [0.3, 0.4) is 0 Å². The molecule has 0 fully saturated rings. The smallest absolute Gasteiger partial charge is 0.119 e. The number of allylic oxidation sites excluding steroid dienone is 4. The minimum absolute atomic E-state index is 0.0905. The molecule has 0 bridgehead atoms. The van der Waals surface area contributed by atoms with Gasteiger partial charge in [-0.1, -0.05) is 0 Å². The van der Waals surface area contributed by atoms with Crippen molar-refractivity contribution in [2.45, 2.75) is 19.8 Å². The average Bonchev–Trinajstić information content (AvgIpc) is 2.52. The molecule has 0 nitrogen and oxygen atoms in total. The van der Waals surface area contributed by atoms with E-state index in [9.17, 15) is 4.39 Å². The van der Waals surface area contributed by atoms with Crippen LogP contribution in [0.1, 0.15) is 22.6 Å². The van der Waals surface area contributed by atoms with E-state index < -0.39 is 0 Å². The molecule has 0 aliphatic heterocycles. The number of thiophene rings is 1. The zero-order valence-corrected chi connectivity index (χ0v) is 8.33. The molecular weight excluding hydrogens is 183 g/mol. The fourth-order valence-electron chi connectivity index (χ4n) is 1.46. The maximum atomic E-state index is 12.9. The normalized spacial score (nSPS) is 16.8. The zero-order valence-electron chi connectivity index (χ0n) is 7.51. The predicted octanol–water partition coefficient (Wildman–Crippen LogP) is 4.09. The van der Waals surface area contributed by atoms with Crippen LogP contribution in [0.4, 0.5) is 4.39 Å². The first kappa shape index (κ1) is 8.70. The monoisotopic (exact) mass is 194 g/mol. The Morgan fingerprint density at radius 1 is 1.38 bits per heavy atom. The molecule has 2 rings (SSSR count). The van der Waals surface area contributed by atoms with Gasteiger partial charge in [0, 0.05) is 9.75 Å². The Morgan fingerprint density at radius 2 is 2.23 bits per heavy atom. The SMILES string of the molecule is Cc1ccc(C2=CC(F)=CCC2)s1. The predicted molar refractivity (Wildman–Crippen MR) is 55.5 cm³/mol. The molecular formula is C11H11FS. The van der Waals surface area contributed by atoms with Crippen molar-refractivity contribution in [1.82, 2.24) is 0 Å². The standard InChI is InChI=1S/C11H11FS/c1-8-5-6-11(13-8)9-3-2-4-10(12)7-9/h4-7H,2-3H2,1H3. The molecule has 1 aromatic rings. The largest absolute Gasteiger partial charge is 0.207 e. The lowest BCUT2D eigenvalue weighted by atomic mass is 10.0. The highest BCUT2D eigenvalue weighted by Gasteiger charge is 2.08. The van der Waals surface area contributed by atoms with E-state index in [0.717, 1.165) is 18.4 Å². The van der Waals surface area contributed by atoms with Gasteiger partial charge in [0.15, 0.2) is 0 Å². The molecule has 68 valence electrons. The fraction of sp³-hybridized carbons (Fsp3) is 0.273. The lowest BCUT2D eigenvalue weighted by Gasteiger charge is -2.07. The Bertz CT molecular complexity index is 371. The van der Waals surface area contributed by atoms with E-state index in [2.05, 4.69) is 19.1 Å². The second-order valence-electron chi connectivity index (χ2n) is 3.21. The van der Waals surface area contributed by atoms with Crippen LogP contribution in [0.25, 0.3) is 5.57 Å². The van der Waals surface area contributed by atoms with Crippen LogP contribution in [0.2, 0.25) is 0 Å². The summed E-state index contributed by atoms with van der Waals surface area (Å²) >= 11 is 1.73. The number of aryl methyl sites for hydroxylation is 1. The van der Waals surface area contributed by atoms with Gasteiger partial charge in [0.25, 0.3) is 0 Å². The van der Waals surface area contributed by atoms with Gasteiger partial charge in [-0.2, -0.15) is 0 Å². The second-order valence-corrected chi connectivity index (χ2v) is 4.50. The number of hydrogen-bond acceptors (Lipinski definition) is 1. The van der Waals surface area contributed by atoms with E-state index >= 15 is 0 Å². The summed E-state index contributed by atoms with van der Waals surface area (Å²) in [6.07, 6.45) is 5.08. The highest BCUT2D eigenvalue weighted by Crippen LogP contribution is 2.31. The Labute approximate surface area is 81.4 Å². The van der Waals surface area contributed by atoms with Crippen molar-refractivity contribution in [1.29, 1.82) is 0 Å². The highest BCUT2D eigenvalue weighted by molar-refractivity contribution is 7.13. The summed E-state index contributed by atoms with van der Waals surface area (Å²) in [7, 11) is 0. The molecule has 0 radical (unpaired) electrons. The van der Waals surface area contributed by atoms with E-state index in [4.69, 9.17) is 0 Å². The average molecular weight is 194 g/mol. The molecule has 0 atom stereocenters. The van der Waals surface area contributed by atoms with Gasteiger partial charge in [-0.25, -0.2) is 4.39 Å². The van der Waals surface area contributed by atoms with Crippen LogP contribution in [-0.2, 0) is 0 Å². The van der Waals surface area contributed by atoms with Gasteiger partial charge in [0.1, 0.15) is 5.83 Å². The van der Waals surface area contributed by atoms with Gasteiger partial charge < -0.3 is 0 Å². The Hall–Kier alpha value is -0.890. The van der Waals surface area contributed by atoms with Gasteiger partial charge in [0.05, 0.1) is 0 Å². The molecule has 1 heterocycles. The van der Waals surface area contributed by atoms with Gasteiger partial charge in [-0.3, -0.25) is 0 Å². The van der Waals surface area contributed by atoms with Crippen LogP contribution in [0.5, 0.6) is 0 Å². The Morgan fingerprint density at radius 3 is 2.85 bits per heavy atom. The van der Waals surface area contributed by atoms with Gasteiger partial charge in [-0.05, 0) is 49.6 Å². The van der Waals surface area contributed by atoms with Crippen molar-refractivity contribution in [3.8, 4) is 0 Å². The van der Waals surface area contributed by atoms with Gasteiger partial charge in [0.2, 0.25) is 0 Å². The van der Waals surface area contributed by atoms with E-state index in [1.807, 2.05) is 0 Å². The Kier molecular flexibility index (Phi) is 2.32. The molecule has 2 heteroatoms. The molecule has 1 aliphatic rings. The maximum Gasteiger partial charge on any atom is 0.119 e. The molecule has 0 amide bonds. The first-order chi connectivity index (χ1) is 6.25. The summed E-state index contributed by atoms with van der Waals surface area (Å²) in [4.78, 5) is 2.49. The third kappa shape index (κ3) is 1.89. The van der Waals surface area contributed by atoms with Crippen molar-refractivity contribution < 1.29 is 4.39 Å². The van der Waals surface area contributed by atoms with E-state index in [0.29, 0.717) is 0 Å². The summed E-state index contributed by atoms with van der Waals surface area (Å²) in [5.74, 6) is -0.0905. The third-order valence-electron chi connectivity index (χ3n) is 2.12. The molecule has 0 unspecified atom stereocenters. The van der Waals surface area contributed by atoms with Crippen LogP contribution >= 0.6 is 11.3 Å². The summed E-state index contributed by atoms with van der Waals surface area (Å²) in [6.45, 7) is 2.07. The molecule has 1 aliphatic carbocycles. The van der Waals surface area contributed by atoms with Crippen LogP contribution in [0, 0.1) is 6.92 Å². The third-order valence-corrected chi connectivity index (χ3v) is 3.20. The summed E-state index contributed by atoms with van der Waals surface area (Å²) < 4.78 is 12.9. The number of halogens is 1. The van der Waals surface area contributed by atoms with E-state index in [1.54, 1.807) is 23.5 Å². The van der Waals surface area contributed by atoms with Crippen molar-refractivity contribution in [3.05, 3.63) is 39.9 Å². The topological polar surface area (TPSA) is 0 Å². The lowest BCUT2D eigenvalue weighted by molar-refractivity contribution is 0.655. The zero-order chi connectivity index (χ0) is 9.26. The molecule has 0 N–H and O–H groups in total. The van der Waals surface area contributed by atoms with Crippen molar-refractivity contribution in [2.24, 2.45) is 0 Å². The highest BCUT2D eigenvalue weighted by atomic mass is 32.1. The van der Waals surface area contributed by atoms with Crippen molar-refractivity contribution in [2.75, 3.05) is 0 Å². The molecule has 0 spiro atoms. The van der Waals surface area contributed by atoms with Crippen LogP contribution in [-0.4, -0.2) is 0 Å². The van der Waals surface area contributed by atoms with Crippen LogP contribution in [0.15, 0.2) is 30.1 Å². The molecule has 13 heavy (non-hydrogen) atoms.